The van der Waals surface area contributed by atoms with Gasteiger partial charge in [0.1, 0.15) is 5.75 Å². The average Bonchev–Trinajstić information content (AvgIpc) is 2.46. The van der Waals surface area contributed by atoms with E-state index in [0.29, 0.717) is 0 Å². The van der Waals surface area contributed by atoms with Gasteiger partial charge in [-0.2, -0.15) is 0 Å². The standard InChI is InChI=1S/C15H17O4P.Al.BH3O3/c1-15(2,12-8-4-3-5-9-12)13-10-6-7-11-14(13)19-20(16,17)18;;2-1(3)4/h3-11H,1-2H3,(H2,16,17,18);;2-4H. The van der Waals surface area contributed by atoms with Gasteiger partial charge >= 0.3 is 15.1 Å². The molecule has 0 aromatic heterocycles. The third-order valence-corrected chi connectivity index (χ3v) is 3.71. The number of rotatable bonds is 4. The molecule has 0 bridgehead atoms. The van der Waals surface area contributed by atoms with E-state index >= 15 is 0 Å². The molecule has 2 aromatic carbocycles. The van der Waals surface area contributed by atoms with E-state index in [0.717, 1.165) is 11.1 Å². The molecule has 2 aromatic rings. The van der Waals surface area contributed by atoms with Gasteiger partial charge in [-0.05, 0) is 11.6 Å². The molecule has 0 spiro atoms. The van der Waals surface area contributed by atoms with Crippen LogP contribution in [0.15, 0.2) is 54.6 Å². The molecule has 7 nitrogen and oxygen atoms in total. The van der Waals surface area contributed by atoms with Crippen molar-refractivity contribution in [2.75, 3.05) is 0 Å². The van der Waals surface area contributed by atoms with Crippen LogP contribution in [0.4, 0.5) is 0 Å². The maximum Gasteiger partial charge on any atom is 0.631 e. The van der Waals surface area contributed by atoms with Crippen molar-refractivity contribution in [3.63, 3.8) is 0 Å². The zero-order chi connectivity index (χ0) is 18.4. The number of hydrogen-bond acceptors (Lipinski definition) is 5. The first kappa shape index (κ1) is 23.9. The first-order valence-corrected chi connectivity index (χ1v) is 8.51. The van der Waals surface area contributed by atoms with Gasteiger partial charge < -0.3 is 19.6 Å². The van der Waals surface area contributed by atoms with Crippen molar-refractivity contribution in [2.45, 2.75) is 19.3 Å². The fraction of sp³-hybridized carbons (Fsp3) is 0.200. The van der Waals surface area contributed by atoms with E-state index in [4.69, 9.17) is 29.4 Å². The Kier molecular flexibility index (Phi) is 9.66. The van der Waals surface area contributed by atoms with Crippen LogP contribution in [0, 0.1) is 0 Å². The van der Waals surface area contributed by atoms with Crippen LogP contribution in [-0.2, 0) is 9.98 Å². The van der Waals surface area contributed by atoms with Crippen molar-refractivity contribution >= 4 is 32.5 Å². The molecule has 0 heterocycles. The highest BCUT2D eigenvalue weighted by Gasteiger charge is 2.28. The summed E-state index contributed by atoms with van der Waals surface area (Å²) in [7, 11) is -6.74. The fourth-order valence-electron chi connectivity index (χ4n) is 2.20. The Bertz CT molecular complexity index is 689. The van der Waals surface area contributed by atoms with Crippen LogP contribution in [0.1, 0.15) is 25.0 Å². The molecule has 0 aliphatic heterocycles. The van der Waals surface area contributed by atoms with Gasteiger partial charge in [-0.25, -0.2) is 4.57 Å². The Morgan fingerprint density at radius 3 is 1.84 bits per heavy atom. The minimum Gasteiger partial charge on any atom is -0.404 e. The van der Waals surface area contributed by atoms with Gasteiger partial charge in [0.2, 0.25) is 0 Å². The Hall–Kier alpha value is -1.13. The summed E-state index contributed by atoms with van der Waals surface area (Å²) >= 11 is 0. The summed E-state index contributed by atoms with van der Waals surface area (Å²) in [5, 5.41) is 21.5. The largest absolute Gasteiger partial charge is 0.631 e. The van der Waals surface area contributed by atoms with Crippen molar-refractivity contribution in [3.8, 4) is 5.75 Å². The minimum atomic E-state index is -4.58. The monoisotopic (exact) mass is 381 g/mol. The smallest absolute Gasteiger partial charge is 0.404 e. The second kappa shape index (κ2) is 10.1. The minimum absolute atomic E-state index is 0. The molecule has 0 aliphatic rings. The van der Waals surface area contributed by atoms with Gasteiger partial charge in [0.25, 0.3) is 0 Å². The molecule has 10 heteroatoms. The topological polar surface area (TPSA) is 127 Å². The van der Waals surface area contributed by atoms with Gasteiger partial charge in [0.15, 0.2) is 0 Å². The zero-order valence-electron chi connectivity index (χ0n) is 13.9. The van der Waals surface area contributed by atoms with Gasteiger partial charge in [-0.1, -0.05) is 62.4 Å². The van der Waals surface area contributed by atoms with E-state index in [1.54, 1.807) is 12.1 Å². The Balaban J connectivity index is 0.00000104. The lowest BCUT2D eigenvalue weighted by atomic mass is 9.78. The second-order valence-corrected chi connectivity index (χ2v) is 6.58. The predicted octanol–water partition coefficient (Wildman–Crippen LogP) is 1.05. The molecule has 3 radical (unpaired) electrons. The molecule has 0 amide bonds. The summed E-state index contributed by atoms with van der Waals surface area (Å²) in [6.07, 6.45) is 0. The maximum absolute atomic E-state index is 11.1. The number of phosphoric acid groups is 1. The van der Waals surface area contributed by atoms with Gasteiger partial charge in [-0.3, -0.25) is 9.79 Å². The van der Waals surface area contributed by atoms with Gasteiger partial charge in [-0.15, -0.1) is 0 Å². The van der Waals surface area contributed by atoms with Crippen molar-refractivity contribution in [2.24, 2.45) is 0 Å². The van der Waals surface area contributed by atoms with E-state index in [9.17, 15) is 4.57 Å². The summed E-state index contributed by atoms with van der Waals surface area (Å²) in [4.78, 5) is 18.0. The lowest BCUT2D eigenvalue weighted by molar-refractivity contribution is 0.277. The first-order valence-electron chi connectivity index (χ1n) is 6.98. The first-order chi connectivity index (χ1) is 11.0. The Morgan fingerprint density at radius 2 is 1.36 bits per heavy atom. The average molecular weight is 381 g/mol. The molecule has 25 heavy (non-hydrogen) atoms. The van der Waals surface area contributed by atoms with Crippen LogP contribution in [0.5, 0.6) is 5.75 Å². The highest BCUT2D eigenvalue weighted by atomic mass is 31.2. The lowest BCUT2D eigenvalue weighted by Gasteiger charge is -2.28. The molecular weight excluding hydrogens is 361 g/mol. The molecule has 0 saturated carbocycles. The van der Waals surface area contributed by atoms with Crippen LogP contribution in [0.2, 0.25) is 0 Å². The van der Waals surface area contributed by atoms with E-state index in [1.807, 2.05) is 56.3 Å². The number of para-hydroxylation sites is 1. The van der Waals surface area contributed by atoms with Crippen molar-refractivity contribution in [1.29, 1.82) is 0 Å². The van der Waals surface area contributed by atoms with Crippen LogP contribution < -0.4 is 4.52 Å². The summed E-state index contributed by atoms with van der Waals surface area (Å²) in [6, 6.07) is 16.7. The third kappa shape index (κ3) is 8.19. The SMILES string of the molecule is CC(C)(c1ccccc1)c1ccccc1OP(=O)(O)O.OB(O)O.[Al]. The highest BCUT2D eigenvalue weighted by Crippen LogP contribution is 2.44. The summed E-state index contributed by atoms with van der Waals surface area (Å²) < 4.78 is 15.9. The number of benzene rings is 2. The molecule has 133 valence electrons. The van der Waals surface area contributed by atoms with E-state index in [-0.39, 0.29) is 23.1 Å². The van der Waals surface area contributed by atoms with Crippen LogP contribution in [0.25, 0.3) is 0 Å². The highest BCUT2D eigenvalue weighted by molar-refractivity contribution is 7.46. The molecule has 0 unspecified atom stereocenters. The van der Waals surface area contributed by atoms with Crippen LogP contribution in [0.3, 0.4) is 0 Å². The van der Waals surface area contributed by atoms with E-state index < -0.39 is 20.6 Å². The van der Waals surface area contributed by atoms with Crippen molar-refractivity contribution < 1.29 is 33.9 Å². The molecule has 0 fully saturated rings. The Labute approximate surface area is 157 Å². The Morgan fingerprint density at radius 1 is 0.920 bits per heavy atom. The molecule has 5 N–H and O–H groups in total. The van der Waals surface area contributed by atoms with Gasteiger partial charge in [0, 0.05) is 28.3 Å². The summed E-state index contributed by atoms with van der Waals surface area (Å²) in [5.74, 6) is 0.203. The summed E-state index contributed by atoms with van der Waals surface area (Å²) in [5.41, 5.74) is 1.35. The second-order valence-electron chi connectivity index (χ2n) is 5.42. The normalized spacial score (nSPS) is 10.8. The molecule has 0 aliphatic carbocycles. The molecule has 2 rings (SSSR count). The quantitative estimate of drug-likeness (QED) is 0.396. The lowest BCUT2D eigenvalue weighted by Crippen LogP contribution is -2.19. The zero-order valence-corrected chi connectivity index (χ0v) is 15.9. The van der Waals surface area contributed by atoms with E-state index in [2.05, 4.69) is 0 Å². The fourth-order valence-corrected chi connectivity index (χ4v) is 2.62. The summed E-state index contributed by atoms with van der Waals surface area (Å²) in [6.45, 7) is 3.98. The third-order valence-electron chi connectivity index (χ3n) is 3.27. The number of hydrogen-bond donors (Lipinski definition) is 5. The molecule has 0 saturated heterocycles. The van der Waals surface area contributed by atoms with Crippen LogP contribution in [-0.4, -0.2) is 49.5 Å². The maximum atomic E-state index is 11.1. The van der Waals surface area contributed by atoms with E-state index in [1.165, 1.54) is 0 Å². The predicted molar refractivity (Wildman–Crippen MR) is 95.8 cm³/mol. The van der Waals surface area contributed by atoms with Crippen LogP contribution >= 0.6 is 7.82 Å². The van der Waals surface area contributed by atoms with Gasteiger partial charge in [0.05, 0.1) is 0 Å². The molecule has 0 atom stereocenters. The number of phosphoric ester groups is 1. The van der Waals surface area contributed by atoms with Crippen molar-refractivity contribution in [3.05, 3.63) is 65.7 Å². The van der Waals surface area contributed by atoms with Crippen molar-refractivity contribution in [1.82, 2.24) is 0 Å². The molecular formula is C15H20AlBO7P.